The number of rotatable bonds is 7. The van der Waals surface area contributed by atoms with Crippen molar-refractivity contribution < 1.29 is 4.92 Å². The molecule has 0 aliphatic heterocycles. The monoisotopic (exact) mass is 289 g/mol. The van der Waals surface area contributed by atoms with Crippen molar-refractivity contribution in [1.82, 2.24) is 9.78 Å². The normalized spacial score (nSPS) is 10.4. The first kappa shape index (κ1) is 14.8. The van der Waals surface area contributed by atoms with E-state index in [4.69, 9.17) is 0 Å². The summed E-state index contributed by atoms with van der Waals surface area (Å²) in [5.74, 6) is 0.324. The lowest BCUT2D eigenvalue weighted by molar-refractivity contribution is -0.384. The zero-order valence-corrected chi connectivity index (χ0v) is 12.2. The van der Waals surface area contributed by atoms with Crippen molar-refractivity contribution in [3.05, 3.63) is 46.6 Å². The molecule has 0 spiro atoms. The van der Waals surface area contributed by atoms with Crippen LogP contribution in [0.25, 0.3) is 0 Å². The number of anilines is 2. The zero-order chi connectivity index (χ0) is 15.2. The van der Waals surface area contributed by atoms with E-state index in [0.717, 1.165) is 18.7 Å². The molecule has 1 heterocycles. The molecule has 0 atom stereocenters. The molecule has 2 rings (SSSR count). The Morgan fingerprint density at radius 2 is 2.10 bits per heavy atom. The summed E-state index contributed by atoms with van der Waals surface area (Å²) in [4.78, 5) is 12.6. The summed E-state index contributed by atoms with van der Waals surface area (Å²) < 4.78 is 1.44. The van der Waals surface area contributed by atoms with Crippen LogP contribution >= 0.6 is 0 Å². The molecular weight excluding hydrogens is 270 g/mol. The average molecular weight is 289 g/mol. The van der Waals surface area contributed by atoms with E-state index in [-0.39, 0.29) is 5.69 Å². The predicted molar refractivity (Wildman–Crippen MR) is 82.7 cm³/mol. The van der Waals surface area contributed by atoms with Gasteiger partial charge < -0.3 is 10.2 Å². The molecule has 0 saturated heterocycles. The van der Waals surface area contributed by atoms with Crippen LogP contribution in [-0.2, 0) is 7.05 Å². The summed E-state index contributed by atoms with van der Waals surface area (Å²) in [5, 5.41) is 17.9. The summed E-state index contributed by atoms with van der Waals surface area (Å²) in [7, 11) is 3.69. The Kier molecular flexibility index (Phi) is 4.76. The number of hydrogen-bond acceptors (Lipinski definition) is 5. The van der Waals surface area contributed by atoms with E-state index in [1.165, 1.54) is 10.9 Å². The highest BCUT2D eigenvalue weighted by Gasteiger charge is 2.17. The zero-order valence-electron chi connectivity index (χ0n) is 12.2. The van der Waals surface area contributed by atoms with Gasteiger partial charge in [0.1, 0.15) is 6.20 Å². The highest BCUT2D eigenvalue weighted by Crippen LogP contribution is 2.21. The van der Waals surface area contributed by atoms with Crippen LogP contribution in [0, 0.1) is 10.1 Å². The Labute approximate surface area is 123 Å². The number of aromatic nitrogens is 2. The number of nitrogens with zero attached hydrogens (tertiary/aromatic N) is 4. The van der Waals surface area contributed by atoms with Crippen LogP contribution in [0.5, 0.6) is 0 Å². The molecule has 0 aliphatic carbocycles. The van der Waals surface area contributed by atoms with Crippen molar-refractivity contribution in [2.75, 3.05) is 30.4 Å². The van der Waals surface area contributed by atoms with E-state index >= 15 is 0 Å². The van der Waals surface area contributed by atoms with Crippen LogP contribution < -0.4 is 10.2 Å². The van der Waals surface area contributed by atoms with Gasteiger partial charge in [-0.2, -0.15) is 0 Å². The predicted octanol–water partition coefficient (Wildman–Crippen LogP) is 2.27. The molecule has 0 unspecified atom stereocenters. The molecule has 0 fully saturated rings. The van der Waals surface area contributed by atoms with Gasteiger partial charge in [0.05, 0.1) is 4.92 Å². The standard InChI is InChI=1S/C14H19N5O2/c1-17(12-7-4-3-5-8-12)10-6-9-15-14-13(19(20)21)11-18(2)16-14/h3-5,7-8,11H,6,9-10H2,1-2H3,(H,15,16). The molecule has 2 aromatic rings. The van der Waals surface area contributed by atoms with Gasteiger partial charge in [0, 0.05) is 32.9 Å². The summed E-state index contributed by atoms with van der Waals surface area (Å²) in [6.45, 7) is 1.49. The average Bonchev–Trinajstić information content (AvgIpc) is 2.85. The van der Waals surface area contributed by atoms with E-state index in [9.17, 15) is 10.1 Å². The minimum absolute atomic E-state index is 0.00825. The molecule has 112 valence electrons. The lowest BCUT2D eigenvalue weighted by Crippen LogP contribution is -2.20. The molecule has 1 aromatic carbocycles. The van der Waals surface area contributed by atoms with Crippen molar-refractivity contribution in [3.8, 4) is 0 Å². The topological polar surface area (TPSA) is 76.2 Å². The number of nitrogens with one attached hydrogen (secondary N) is 1. The minimum Gasteiger partial charge on any atom is -0.375 e. The number of hydrogen-bond donors (Lipinski definition) is 1. The van der Waals surface area contributed by atoms with E-state index < -0.39 is 4.92 Å². The quantitative estimate of drug-likeness (QED) is 0.480. The lowest BCUT2D eigenvalue weighted by Gasteiger charge is -2.19. The fraction of sp³-hybridized carbons (Fsp3) is 0.357. The van der Waals surface area contributed by atoms with Crippen LogP contribution in [-0.4, -0.2) is 34.8 Å². The number of aryl methyl sites for hydroxylation is 1. The van der Waals surface area contributed by atoms with Crippen LogP contribution in [0.15, 0.2) is 36.5 Å². The largest absolute Gasteiger partial charge is 0.375 e. The molecule has 0 bridgehead atoms. The molecular formula is C14H19N5O2. The third-order valence-corrected chi connectivity index (χ3v) is 3.17. The molecule has 0 radical (unpaired) electrons. The Bertz CT molecular complexity index is 597. The molecule has 0 saturated carbocycles. The van der Waals surface area contributed by atoms with E-state index in [1.54, 1.807) is 7.05 Å². The number of para-hydroxylation sites is 1. The van der Waals surface area contributed by atoms with Gasteiger partial charge in [-0.3, -0.25) is 14.8 Å². The Hall–Kier alpha value is -2.57. The first-order valence-electron chi connectivity index (χ1n) is 6.76. The van der Waals surface area contributed by atoms with Gasteiger partial charge in [-0.1, -0.05) is 18.2 Å². The van der Waals surface area contributed by atoms with Gasteiger partial charge in [0.2, 0.25) is 5.82 Å². The highest BCUT2D eigenvalue weighted by atomic mass is 16.6. The third kappa shape index (κ3) is 3.95. The fourth-order valence-electron chi connectivity index (χ4n) is 2.07. The number of benzene rings is 1. The molecule has 7 nitrogen and oxygen atoms in total. The molecule has 0 amide bonds. The Morgan fingerprint density at radius 3 is 2.76 bits per heavy atom. The van der Waals surface area contributed by atoms with Gasteiger partial charge in [-0.25, -0.2) is 0 Å². The second kappa shape index (κ2) is 6.74. The first-order valence-corrected chi connectivity index (χ1v) is 6.76. The lowest BCUT2D eigenvalue weighted by atomic mass is 10.3. The number of nitro groups is 1. The van der Waals surface area contributed by atoms with E-state index in [0.29, 0.717) is 12.4 Å². The maximum Gasteiger partial charge on any atom is 0.330 e. The van der Waals surface area contributed by atoms with E-state index in [1.807, 2.05) is 25.2 Å². The third-order valence-electron chi connectivity index (χ3n) is 3.17. The smallest absolute Gasteiger partial charge is 0.330 e. The van der Waals surface area contributed by atoms with Crippen molar-refractivity contribution in [3.63, 3.8) is 0 Å². The fourth-order valence-corrected chi connectivity index (χ4v) is 2.07. The van der Waals surface area contributed by atoms with E-state index in [2.05, 4.69) is 27.4 Å². The molecule has 21 heavy (non-hydrogen) atoms. The summed E-state index contributed by atoms with van der Waals surface area (Å²) in [6, 6.07) is 10.1. The maximum atomic E-state index is 10.9. The minimum atomic E-state index is -0.425. The first-order chi connectivity index (χ1) is 10.1. The molecule has 0 aliphatic rings. The van der Waals surface area contributed by atoms with Crippen LogP contribution in [0.4, 0.5) is 17.2 Å². The Morgan fingerprint density at radius 1 is 1.38 bits per heavy atom. The second-order valence-corrected chi connectivity index (χ2v) is 4.83. The van der Waals surface area contributed by atoms with Crippen LogP contribution in [0.3, 0.4) is 0 Å². The van der Waals surface area contributed by atoms with Gasteiger partial charge in [0.25, 0.3) is 0 Å². The van der Waals surface area contributed by atoms with Gasteiger partial charge in [-0.15, -0.1) is 5.10 Å². The van der Waals surface area contributed by atoms with Gasteiger partial charge in [-0.05, 0) is 18.6 Å². The summed E-state index contributed by atoms with van der Waals surface area (Å²) in [5.41, 5.74) is 1.16. The van der Waals surface area contributed by atoms with Crippen LogP contribution in [0.1, 0.15) is 6.42 Å². The van der Waals surface area contributed by atoms with Gasteiger partial charge >= 0.3 is 5.69 Å². The van der Waals surface area contributed by atoms with Crippen molar-refractivity contribution >= 4 is 17.2 Å². The summed E-state index contributed by atoms with van der Waals surface area (Å²) in [6.07, 6.45) is 2.26. The molecule has 1 aromatic heterocycles. The van der Waals surface area contributed by atoms with Gasteiger partial charge in [0.15, 0.2) is 0 Å². The SMILES string of the molecule is CN(CCCNc1nn(C)cc1[N+](=O)[O-])c1ccccc1. The van der Waals surface area contributed by atoms with Crippen molar-refractivity contribution in [1.29, 1.82) is 0 Å². The molecule has 1 N–H and O–H groups in total. The maximum absolute atomic E-state index is 10.9. The highest BCUT2D eigenvalue weighted by molar-refractivity contribution is 5.54. The van der Waals surface area contributed by atoms with Crippen LogP contribution in [0.2, 0.25) is 0 Å². The van der Waals surface area contributed by atoms with Crippen molar-refractivity contribution in [2.24, 2.45) is 7.05 Å². The molecule has 7 heteroatoms. The summed E-state index contributed by atoms with van der Waals surface area (Å²) >= 11 is 0. The van der Waals surface area contributed by atoms with Crippen molar-refractivity contribution in [2.45, 2.75) is 6.42 Å². The second-order valence-electron chi connectivity index (χ2n) is 4.83. The Balaban J connectivity index is 1.81.